The van der Waals surface area contributed by atoms with E-state index < -0.39 is 0 Å². The highest BCUT2D eigenvalue weighted by molar-refractivity contribution is 6.02. The summed E-state index contributed by atoms with van der Waals surface area (Å²) in [5.41, 5.74) is 14.8. The number of rotatable bonds is 8. The number of benzene rings is 2. The van der Waals surface area contributed by atoms with E-state index in [2.05, 4.69) is 5.32 Å². The van der Waals surface area contributed by atoms with Gasteiger partial charge in [0.25, 0.3) is 0 Å². The molecule has 0 aliphatic rings. The number of anilines is 4. The molecule has 0 saturated heterocycles. The maximum absolute atomic E-state index is 12.1. The number of amides is 1. The number of aliphatic hydroxyl groups is 2. The second-order valence-corrected chi connectivity index (χ2v) is 5.69. The van der Waals surface area contributed by atoms with Crippen molar-refractivity contribution in [2.45, 2.75) is 0 Å². The molecule has 0 fully saturated rings. The van der Waals surface area contributed by atoms with Crippen LogP contribution in [-0.4, -0.2) is 42.4 Å². The lowest BCUT2D eigenvalue weighted by molar-refractivity contribution is -0.111. The molecule has 0 saturated carbocycles. The number of nitrogens with zero attached hydrogens (tertiary/aromatic N) is 1. The second-order valence-electron chi connectivity index (χ2n) is 5.69. The summed E-state index contributed by atoms with van der Waals surface area (Å²) in [4.78, 5) is 13.9. The number of nitrogen functional groups attached to an aromatic ring is 2. The van der Waals surface area contributed by atoms with Gasteiger partial charge in [-0.3, -0.25) is 4.79 Å². The number of aliphatic hydroxyl groups excluding tert-OH is 2. The zero-order valence-electron chi connectivity index (χ0n) is 14.8. The van der Waals surface area contributed by atoms with E-state index in [0.717, 1.165) is 5.69 Å². The fraction of sp³-hybridized carbons (Fsp3) is 0.211. The molecule has 0 aromatic heterocycles. The van der Waals surface area contributed by atoms with Crippen molar-refractivity contribution in [1.29, 1.82) is 0 Å². The van der Waals surface area contributed by atoms with Crippen molar-refractivity contribution in [3.63, 3.8) is 0 Å². The van der Waals surface area contributed by atoms with Crippen molar-refractivity contribution in [3.05, 3.63) is 54.1 Å². The molecule has 8 heteroatoms. The Kier molecular flexibility index (Phi) is 9.15. The van der Waals surface area contributed by atoms with Crippen molar-refractivity contribution in [2.24, 2.45) is 0 Å². The van der Waals surface area contributed by atoms with Crippen LogP contribution in [0.4, 0.5) is 22.7 Å². The van der Waals surface area contributed by atoms with E-state index in [1.165, 1.54) is 6.08 Å². The van der Waals surface area contributed by atoms with Crippen LogP contribution < -0.4 is 21.7 Å². The average Bonchev–Trinajstić information content (AvgIpc) is 2.63. The summed E-state index contributed by atoms with van der Waals surface area (Å²) in [7, 11) is 0. The summed E-state index contributed by atoms with van der Waals surface area (Å²) in [6.07, 6.45) is 3.00. The van der Waals surface area contributed by atoms with Crippen molar-refractivity contribution >= 4 is 47.1 Å². The normalized spacial score (nSPS) is 10.4. The van der Waals surface area contributed by atoms with Crippen LogP contribution in [-0.2, 0) is 4.79 Å². The molecule has 2 rings (SSSR count). The molecule has 2 aromatic rings. The fourth-order valence-electron chi connectivity index (χ4n) is 2.45. The lowest BCUT2D eigenvalue weighted by atomic mass is 10.1. The fourth-order valence-corrected chi connectivity index (χ4v) is 2.45. The van der Waals surface area contributed by atoms with E-state index in [0.29, 0.717) is 35.7 Å². The molecule has 0 aliphatic carbocycles. The monoisotopic (exact) mass is 392 g/mol. The first-order valence-corrected chi connectivity index (χ1v) is 8.24. The second kappa shape index (κ2) is 11.1. The highest BCUT2D eigenvalue weighted by atomic mass is 35.5. The molecule has 0 aliphatic heterocycles. The first-order chi connectivity index (χ1) is 12.5. The van der Waals surface area contributed by atoms with Crippen molar-refractivity contribution < 1.29 is 15.0 Å². The standard InChI is InChI=1S/C19H24N4O3.ClH/c20-15-2-7-18(21)14(13-15)1-8-19(26)22-16-3-5-17(6-4-16)23(9-11-24)10-12-25;/h1-8,13,24-25H,9-12,20-21H2,(H,22,26);1H. The van der Waals surface area contributed by atoms with Crippen molar-refractivity contribution in [1.82, 2.24) is 0 Å². The third-order valence-corrected chi connectivity index (χ3v) is 3.76. The lowest BCUT2D eigenvalue weighted by Gasteiger charge is -2.23. The smallest absolute Gasteiger partial charge is 0.248 e. The minimum Gasteiger partial charge on any atom is -0.399 e. The number of nitrogens with two attached hydrogens (primary N) is 2. The third kappa shape index (κ3) is 6.82. The molecule has 0 radical (unpaired) electrons. The van der Waals surface area contributed by atoms with E-state index in [1.807, 2.05) is 17.0 Å². The Morgan fingerprint density at radius 2 is 1.67 bits per heavy atom. The highest BCUT2D eigenvalue weighted by Gasteiger charge is 2.06. The number of hydrogen-bond acceptors (Lipinski definition) is 6. The molecule has 27 heavy (non-hydrogen) atoms. The van der Waals surface area contributed by atoms with E-state index in [4.69, 9.17) is 21.7 Å². The Hall–Kier alpha value is -2.74. The molecule has 146 valence electrons. The number of hydrogen-bond donors (Lipinski definition) is 5. The quantitative estimate of drug-likeness (QED) is 0.344. The SMILES string of the molecule is Cl.Nc1ccc(N)c(C=CC(=O)Nc2ccc(N(CCO)CCO)cc2)c1. The topological polar surface area (TPSA) is 125 Å². The molecule has 7 nitrogen and oxygen atoms in total. The zero-order chi connectivity index (χ0) is 18.9. The maximum atomic E-state index is 12.1. The number of carbonyl (C=O) groups excluding carboxylic acids is 1. The average molecular weight is 393 g/mol. The molecular weight excluding hydrogens is 368 g/mol. The first-order valence-electron chi connectivity index (χ1n) is 8.24. The van der Waals surface area contributed by atoms with Gasteiger partial charge in [-0.25, -0.2) is 0 Å². The van der Waals surface area contributed by atoms with Crippen LogP contribution in [0.2, 0.25) is 0 Å². The van der Waals surface area contributed by atoms with Crippen LogP contribution in [0.1, 0.15) is 5.56 Å². The Bertz CT molecular complexity index is 760. The Morgan fingerprint density at radius 3 is 2.26 bits per heavy atom. The Balaban J connectivity index is 0.00000364. The Labute approximate surface area is 164 Å². The van der Waals surface area contributed by atoms with E-state index in [-0.39, 0.29) is 31.5 Å². The minimum absolute atomic E-state index is 0. The molecule has 0 atom stereocenters. The third-order valence-electron chi connectivity index (χ3n) is 3.76. The minimum atomic E-state index is -0.290. The summed E-state index contributed by atoms with van der Waals surface area (Å²) >= 11 is 0. The molecule has 1 amide bonds. The van der Waals surface area contributed by atoms with Gasteiger partial charge < -0.3 is 31.9 Å². The summed E-state index contributed by atoms with van der Waals surface area (Å²) < 4.78 is 0. The van der Waals surface area contributed by atoms with Gasteiger partial charge in [-0.05, 0) is 54.1 Å². The van der Waals surface area contributed by atoms with E-state index >= 15 is 0 Å². The van der Waals surface area contributed by atoms with Gasteiger partial charge >= 0.3 is 0 Å². The zero-order valence-corrected chi connectivity index (χ0v) is 15.7. The van der Waals surface area contributed by atoms with E-state index in [1.54, 1.807) is 36.4 Å². The van der Waals surface area contributed by atoms with Gasteiger partial charge in [0.1, 0.15) is 0 Å². The summed E-state index contributed by atoms with van der Waals surface area (Å²) in [5, 5.41) is 20.9. The predicted octanol–water partition coefficient (Wildman–Crippen LogP) is 1.72. The molecule has 0 heterocycles. The van der Waals surface area contributed by atoms with Gasteiger partial charge in [0, 0.05) is 41.9 Å². The lowest BCUT2D eigenvalue weighted by Crippen LogP contribution is -2.29. The summed E-state index contributed by atoms with van der Waals surface area (Å²) in [5.74, 6) is -0.290. The maximum Gasteiger partial charge on any atom is 0.248 e. The molecule has 7 N–H and O–H groups in total. The van der Waals surface area contributed by atoms with Crippen LogP contribution in [0.3, 0.4) is 0 Å². The predicted molar refractivity (Wildman–Crippen MR) is 113 cm³/mol. The van der Waals surface area contributed by atoms with Crippen molar-refractivity contribution in [2.75, 3.05) is 48.0 Å². The summed E-state index contributed by atoms with van der Waals surface area (Å²) in [6, 6.07) is 12.3. The van der Waals surface area contributed by atoms with Crippen molar-refractivity contribution in [3.8, 4) is 0 Å². The summed E-state index contributed by atoms with van der Waals surface area (Å²) in [6.45, 7) is 0.847. The molecule has 0 bridgehead atoms. The van der Waals surface area contributed by atoms with Gasteiger partial charge in [0.05, 0.1) is 13.2 Å². The first kappa shape index (κ1) is 22.3. The van der Waals surface area contributed by atoms with Crippen LogP contribution in [0.25, 0.3) is 6.08 Å². The molecule has 2 aromatic carbocycles. The molecule has 0 unspecified atom stereocenters. The van der Waals surface area contributed by atoms with E-state index in [9.17, 15) is 4.79 Å². The highest BCUT2D eigenvalue weighted by Crippen LogP contribution is 2.19. The van der Waals surface area contributed by atoms with Gasteiger partial charge in [-0.15, -0.1) is 12.4 Å². The van der Waals surface area contributed by atoms with Crippen LogP contribution in [0.5, 0.6) is 0 Å². The van der Waals surface area contributed by atoms with Gasteiger partial charge in [0.2, 0.25) is 5.91 Å². The van der Waals surface area contributed by atoms with Crippen LogP contribution in [0.15, 0.2) is 48.5 Å². The van der Waals surface area contributed by atoms with Crippen LogP contribution in [0, 0.1) is 0 Å². The van der Waals surface area contributed by atoms with Gasteiger partial charge in [-0.2, -0.15) is 0 Å². The number of halogens is 1. The van der Waals surface area contributed by atoms with Gasteiger partial charge in [0.15, 0.2) is 0 Å². The number of carbonyl (C=O) groups is 1. The molecular formula is C19H25ClN4O3. The number of nitrogens with one attached hydrogen (secondary N) is 1. The molecule has 0 spiro atoms. The Morgan fingerprint density at radius 1 is 1.04 bits per heavy atom. The largest absolute Gasteiger partial charge is 0.399 e. The van der Waals surface area contributed by atoms with Crippen LogP contribution >= 0.6 is 12.4 Å². The van der Waals surface area contributed by atoms with Gasteiger partial charge in [-0.1, -0.05) is 0 Å².